The first-order chi connectivity index (χ1) is 11.1. The first-order valence-electron chi connectivity index (χ1n) is 8.14. The smallest absolute Gasteiger partial charge is 0.402 e. The van der Waals surface area contributed by atoms with Crippen LogP contribution in [0.25, 0.3) is 0 Å². The quantitative estimate of drug-likeness (QED) is 0.591. The van der Waals surface area contributed by atoms with Gasteiger partial charge in [0.2, 0.25) is 0 Å². The third kappa shape index (κ3) is 2.84. The van der Waals surface area contributed by atoms with Crippen molar-refractivity contribution in [1.82, 2.24) is 0 Å². The molecule has 0 spiro atoms. The molecule has 9 heteroatoms. The minimum atomic E-state index is -5.61. The predicted molar refractivity (Wildman–Crippen MR) is 78.9 cm³/mol. The molecule has 138 valence electrons. The fraction of sp³-hybridized carbons (Fsp3) is 0.933. The van der Waals surface area contributed by atoms with Crippen LogP contribution in [0, 0.1) is 23.2 Å². The summed E-state index contributed by atoms with van der Waals surface area (Å²) in [5.74, 6) is -0.221. The second kappa shape index (κ2) is 5.88. The maximum atomic E-state index is 13.4. The average molecular weight is 368 g/mol. The molecule has 0 heterocycles. The van der Waals surface area contributed by atoms with Gasteiger partial charge in [0.1, 0.15) is 0 Å². The molecule has 3 rings (SSSR count). The van der Waals surface area contributed by atoms with Crippen LogP contribution >= 0.6 is 0 Å². The molecule has 0 aliphatic heterocycles. The number of fused-ring (bicyclic) bond motifs is 2. The van der Waals surface area contributed by atoms with Crippen LogP contribution in [-0.2, 0) is 24.4 Å². The number of methoxy groups -OCH3 is 1. The van der Waals surface area contributed by atoms with Crippen LogP contribution in [0.2, 0.25) is 0 Å². The Balaban J connectivity index is 1.80. The Morgan fingerprint density at radius 3 is 2.54 bits per heavy atom. The Morgan fingerprint density at radius 1 is 1.25 bits per heavy atom. The Morgan fingerprint density at radius 2 is 1.92 bits per heavy atom. The second-order valence-corrected chi connectivity index (χ2v) is 8.96. The summed E-state index contributed by atoms with van der Waals surface area (Å²) in [7, 11) is -4.03. The van der Waals surface area contributed by atoms with Gasteiger partial charge in [0.25, 0.3) is 0 Å². The van der Waals surface area contributed by atoms with E-state index in [0.29, 0.717) is 24.7 Å². The summed E-state index contributed by atoms with van der Waals surface area (Å²) in [6.45, 7) is -1.66. The summed E-state index contributed by atoms with van der Waals surface area (Å²) in [6.07, 6.45) is 4.65. The van der Waals surface area contributed by atoms with Gasteiger partial charge in [0, 0.05) is 13.0 Å². The standard InChI is InChI=1S/C15H22F2O6S/c1-22-12-5-10-4-9-2-3-11(12)14(6-9,7-10)13(18)23-8-15(16,17)24(19,20)21/h9-12H,2-8H2,1H3,(H,19,20,21). The molecule has 3 fully saturated rings. The molecule has 0 radical (unpaired) electrons. The lowest BCUT2D eigenvalue weighted by molar-refractivity contribution is -0.193. The Hall–Kier alpha value is -0.800. The second-order valence-electron chi connectivity index (χ2n) is 7.41. The van der Waals surface area contributed by atoms with Crippen molar-refractivity contribution in [1.29, 1.82) is 0 Å². The molecular formula is C15H22F2O6S. The Kier molecular flexibility index (Phi) is 4.41. The molecule has 6 nitrogen and oxygen atoms in total. The van der Waals surface area contributed by atoms with Crippen molar-refractivity contribution in [3.05, 3.63) is 0 Å². The summed E-state index contributed by atoms with van der Waals surface area (Å²) in [4.78, 5) is 12.7. The van der Waals surface area contributed by atoms with Gasteiger partial charge in [-0.25, -0.2) is 0 Å². The largest absolute Gasteiger partial charge is 0.458 e. The van der Waals surface area contributed by atoms with Crippen LogP contribution in [0.5, 0.6) is 0 Å². The number of ether oxygens (including phenoxy) is 2. The molecule has 0 aromatic heterocycles. The van der Waals surface area contributed by atoms with Gasteiger partial charge in [0.15, 0.2) is 6.61 Å². The van der Waals surface area contributed by atoms with Crippen LogP contribution in [0.1, 0.15) is 38.5 Å². The van der Waals surface area contributed by atoms with Gasteiger partial charge in [-0.2, -0.15) is 17.2 Å². The summed E-state index contributed by atoms with van der Waals surface area (Å²) in [5, 5.41) is -4.50. The van der Waals surface area contributed by atoms with Gasteiger partial charge < -0.3 is 9.47 Å². The van der Waals surface area contributed by atoms with Gasteiger partial charge in [-0.3, -0.25) is 9.35 Å². The van der Waals surface area contributed by atoms with Crippen molar-refractivity contribution >= 4 is 16.1 Å². The zero-order valence-corrected chi connectivity index (χ0v) is 14.2. The highest BCUT2D eigenvalue weighted by atomic mass is 32.2. The molecule has 3 aliphatic carbocycles. The number of alkyl halides is 2. The van der Waals surface area contributed by atoms with E-state index in [1.807, 2.05) is 0 Å². The van der Waals surface area contributed by atoms with E-state index in [1.165, 1.54) is 0 Å². The van der Waals surface area contributed by atoms with Crippen molar-refractivity contribution in [2.45, 2.75) is 49.9 Å². The molecule has 5 atom stereocenters. The van der Waals surface area contributed by atoms with Crippen LogP contribution in [0.3, 0.4) is 0 Å². The first-order valence-corrected chi connectivity index (χ1v) is 9.58. The maximum Gasteiger partial charge on any atom is 0.402 e. The maximum absolute atomic E-state index is 13.4. The van der Waals surface area contributed by atoms with Gasteiger partial charge in [0.05, 0.1) is 11.5 Å². The van der Waals surface area contributed by atoms with E-state index in [2.05, 4.69) is 0 Å². The van der Waals surface area contributed by atoms with Crippen LogP contribution in [0.4, 0.5) is 8.78 Å². The molecule has 0 aromatic rings. The third-order valence-corrected chi connectivity index (χ3v) is 6.91. The lowest BCUT2D eigenvalue weighted by Crippen LogP contribution is -2.57. The van der Waals surface area contributed by atoms with Gasteiger partial charge in [-0.15, -0.1) is 0 Å². The number of rotatable bonds is 5. The average Bonchev–Trinajstić information content (AvgIpc) is 2.48. The first kappa shape index (κ1) is 18.0. The lowest BCUT2D eigenvalue weighted by Gasteiger charge is -2.57. The molecule has 0 saturated heterocycles. The van der Waals surface area contributed by atoms with Gasteiger partial charge in [-0.1, -0.05) is 6.42 Å². The molecule has 0 amide bonds. The van der Waals surface area contributed by atoms with Crippen molar-refractivity contribution in [2.75, 3.05) is 13.7 Å². The topological polar surface area (TPSA) is 89.9 Å². The zero-order valence-electron chi connectivity index (χ0n) is 13.4. The number of carbonyl (C=O) groups excluding carboxylic acids is 1. The van der Waals surface area contributed by atoms with Crippen LogP contribution in [-0.4, -0.2) is 44.0 Å². The van der Waals surface area contributed by atoms with Gasteiger partial charge in [-0.05, 0) is 43.9 Å². The Labute approximate surface area is 139 Å². The van der Waals surface area contributed by atoms with Crippen molar-refractivity contribution in [3.63, 3.8) is 0 Å². The fourth-order valence-electron chi connectivity index (χ4n) is 5.13. The molecule has 0 aromatic carbocycles. The van der Waals surface area contributed by atoms with Crippen LogP contribution in [0.15, 0.2) is 0 Å². The number of esters is 1. The number of halogens is 2. The van der Waals surface area contributed by atoms with E-state index in [4.69, 9.17) is 14.0 Å². The van der Waals surface area contributed by atoms with E-state index in [0.717, 1.165) is 25.7 Å². The summed E-state index contributed by atoms with van der Waals surface area (Å²) in [5.41, 5.74) is -0.875. The number of carbonyl (C=O) groups is 1. The fourth-order valence-corrected chi connectivity index (χ4v) is 5.33. The normalized spacial score (nSPS) is 38.8. The van der Waals surface area contributed by atoms with E-state index < -0.39 is 33.4 Å². The van der Waals surface area contributed by atoms with Crippen LogP contribution < -0.4 is 0 Å². The number of hydrogen-bond acceptors (Lipinski definition) is 5. The third-order valence-electron chi connectivity index (χ3n) is 6.04. The van der Waals surface area contributed by atoms with Gasteiger partial charge >= 0.3 is 21.3 Å². The Bertz CT molecular complexity index is 617. The molecule has 3 saturated carbocycles. The lowest BCUT2D eigenvalue weighted by atomic mass is 9.48. The van der Waals surface area contributed by atoms with Crippen molar-refractivity contribution < 1.29 is 36.0 Å². The summed E-state index contributed by atoms with van der Waals surface area (Å²) in [6, 6.07) is 0. The molecule has 3 aliphatic rings. The molecule has 5 unspecified atom stereocenters. The monoisotopic (exact) mass is 368 g/mol. The highest BCUT2D eigenvalue weighted by Crippen LogP contribution is 2.60. The highest BCUT2D eigenvalue weighted by Gasteiger charge is 2.60. The molecule has 24 heavy (non-hydrogen) atoms. The zero-order chi connectivity index (χ0) is 17.8. The number of hydrogen-bond donors (Lipinski definition) is 1. The van der Waals surface area contributed by atoms with E-state index in [-0.39, 0.29) is 12.0 Å². The minimum absolute atomic E-state index is 0.0952. The SMILES string of the molecule is COC1CC2CC3CCC1C(C(=O)OCC(F)(F)S(=O)(=O)O)(C3)C2. The molecule has 3 bridgehead atoms. The van der Waals surface area contributed by atoms with E-state index in [1.54, 1.807) is 7.11 Å². The van der Waals surface area contributed by atoms with E-state index in [9.17, 15) is 22.0 Å². The van der Waals surface area contributed by atoms with E-state index >= 15 is 0 Å². The summed E-state index contributed by atoms with van der Waals surface area (Å²) >= 11 is 0. The molecule has 1 N–H and O–H groups in total. The summed E-state index contributed by atoms with van der Waals surface area (Å²) < 4.78 is 66.9. The predicted octanol–water partition coefficient (Wildman–Crippen LogP) is 2.24. The van der Waals surface area contributed by atoms with Crippen molar-refractivity contribution in [2.24, 2.45) is 23.2 Å². The highest BCUT2D eigenvalue weighted by molar-refractivity contribution is 7.86. The van der Waals surface area contributed by atoms with Crippen molar-refractivity contribution in [3.8, 4) is 0 Å². The molecular weight excluding hydrogens is 346 g/mol. The minimum Gasteiger partial charge on any atom is -0.458 e.